The Hall–Kier alpha value is -2.17. The lowest BCUT2D eigenvalue weighted by atomic mass is 10.1. The lowest BCUT2D eigenvalue weighted by Gasteiger charge is -2.13. The third-order valence-electron chi connectivity index (χ3n) is 3.19. The Morgan fingerprint density at radius 3 is 2.35 bits per heavy atom. The Balaban J connectivity index is 2.21. The Kier molecular flexibility index (Phi) is 3.88. The number of halogens is 3. The molecule has 0 aliphatic carbocycles. The number of hydrogen-bond donors (Lipinski definition) is 2. The maximum Gasteiger partial charge on any atom is 0.161 e. The van der Waals surface area contributed by atoms with Gasteiger partial charge in [-0.05, 0) is 31.5 Å². The number of aryl methyl sites for hydroxylation is 1. The number of phenolic OH excluding ortho intramolecular Hbond substituents is 1. The SMILES string of the molecule is Cc1ccc(NCc2cc(F)c(F)cc2F)c(C)c1O. The van der Waals surface area contributed by atoms with Crippen LogP contribution in [0, 0.1) is 31.3 Å². The van der Waals surface area contributed by atoms with Crippen molar-refractivity contribution in [3.8, 4) is 5.75 Å². The fourth-order valence-corrected chi connectivity index (χ4v) is 1.92. The second-order valence-electron chi connectivity index (χ2n) is 4.61. The number of rotatable bonds is 3. The topological polar surface area (TPSA) is 32.3 Å². The zero-order valence-electron chi connectivity index (χ0n) is 11.1. The van der Waals surface area contributed by atoms with Crippen LogP contribution in [0.1, 0.15) is 16.7 Å². The first-order valence-corrected chi connectivity index (χ1v) is 6.06. The highest BCUT2D eigenvalue weighted by Gasteiger charge is 2.11. The van der Waals surface area contributed by atoms with Crippen molar-refractivity contribution in [3.63, 3.8) is 0 Å². The van der Waals surface area contributed by atoms with E-state index < -0.39 is 17.5 Å². The van der Waals surface area contributed by atoms with Crippen molar-refractivity contribution in [2.75, 3.05) is 5.32 Å². The van der Waals surface area contributed by atoms with E-state index in [9.17, 15) is 18.3 Å². The molecule has 0 heterocycles. The van der Waals surface area contributed by atoms with E-state index in [1.807, 2.05) is 0 Å². The molecule has 2 nitrogen and oxygen atoms in total. The summed E-state index contributed by atoms with van der Waals surface area (Å²) < 4.78 is 39.4. The van der Waals surface area contributed by atoms with Gasteiger partial charge in [0.1, 0.15) is 11.6 Å². The minimum absolute atomic E-state index is 0.00757. The van der Waals surface area contributed by atoms with Crippen molar-refractivity contribution in [2.45, 2.75) is 20.4 Å². The Morgan fingerprint density at radius 1 is 1.00 bits per heavy atom. The standard InChI is InChI=1S/C15H14F3NO/c1-8-3-4-14(9(2)15(8)20)19-7-10-5-12(17)13(18)6-11(10)16/h3-6,19-20H,7H2,1-2H3. The van der Waals surface area contributed by atoms with E-state index in [1.165, 1.54) is 0 Å². The molecule has 2 rings (SSSR count). The Bertz CT molecular complexity index is 654. The molecular formula is C15H14F3NO. The fraction of sp³-hybridized carbons (Fsp3) is 0.200. The summed E-state index contributed by atoms with van der Waals surface area (Å²) in [5.41, 5.74) is 1.97. The highest BCUT2D eigenvalue weighted by Crippen LogP contribution is 2.28. The average Bonchev–Trinajstić information content (AvgIpc) is 2.40. The zero-order valence-corrected chi connectivity index (χ0v) is 11.1. The molecule has 2 aromatic rings. The van der Waals surface area contributed by atoms with Crippen molar-refractivity contribution in [3.05, 3.63) is 58.4 Å². The predicted octanol–water partition coefficient (Wildman–Crippen LogP) is 4.04. The van der Waals surface area contributed by atoms with Crippen molar-refractivity contribution >= 4 is 5.69 Å². The number of benzene rings is 2. The van der Waals surface area contributed by atoms with Crippen molar-refractivity contribution in [1.82, 2.24) is 0 Å². The van der Waals surface area contributed by atoms with E-state index in [2.05, 4.69) is 5.32 Å². The molecule has 5 heteroatoms. The zero-order chi connectivity index (χ0) is 14.9. The van der Waals surface area contributed by atoms with Gasteiger partial charge in [0, 0.05) is 29.4 Å². The molecule has 0 amide bonds. The molecule has 0 radical (unpaired) electrons. The second-order valence-corrected chi connectivity index (χ2v) is 4.61. The van der Waals surface area contributed by atoms with E-state index in [1.54, 1.807) is 26.0 Å². The number of hydrogen-bond acceptors (Lipinski definition) is 2. The van der Waals surface area contributed by atoms with Crippen LogP contribution in [0.25, 0.3) is 0 Å². The quantitative estimate of drug-likeness (QED) is 0.832. The highest BCUT2D eigenvalue weighted by atomic mass is 19.2. The second kappa shape index (κ2) is 5.45. The Labute approximate surface area is 114 Å². The predicted molar refractivity (Wildman–Crippen MR) is 71.2 cm³/mol. The largest absolute Gasteiger partial charge is 0.507 e. The van der Waals surface area contributed by atoms with Crippen LogP contribution in [-0.4, -0.2) is 5.11 Å². The van der Waals surface area contributed by atoms with Crippen LogP contribution in [-0.2, 0) is 6.54 Å². The first kappa shape index (κ1) is 14.2. The van der Waals surface area contributed by atoms with Gasteiger partial charge in [-0.1, -0.05) is 6.07 Å². The van der Waals surface area contributed by atoms with Gasteiger partial charge in [-0.2, -0.15) is 0 Å². The molecular weight excluding hydrogens is 267 g/mol. The maximum absolute atomic E-state index is 13.5. The van der Waals surface area contributed by atoms with Crippen LogP contribution in [0.4, 0.5) is 18.9 Å². The Morgan fingerprint density at radius 2 is 1.65 bits per heavy atom. The molecule has 106 valence electrons. The van der Waals surface area contributed by atoms with E-state index in [0.29, 0.717) is 17.3 Å². The summed E-state index contributed by atoms with van der Waals surface area (Å²) in [4.78, 5) is 0. The minimum Gasteiger partial charge on any atom is -0.507 e. The third kappa shape index (κ3) is 2.71. The monoisotopic (exact) mass is 281 g/mol. The van der Waals surface area contributed by atoms with Gasteiger partial charge < -0.3 is 10.4 Å². The number of nitrogens with one attached hydrogen (secondary N) is 1. The molecule has 0 unspecified atom stereocenters. The van der Waals surface area contributed by atoms with E-state index in [4.69, 9.17) is 0 Å². The summed E-state index contributed by atoms with van der Waals surface area (Å²) in [6.07, 6.45) is 0. The van der Waals surface area contributed by atoms with Gasteiger partial charge in [-0.3, -0.25) is 0 Å². The van der Waals surface area contributed by atoms with Crippen LogP contribution in [0.5, 0.6) is 5.75 Å². The molecule has 0 spiro atoms. The van der Waals surface area contributed by atoms with Crippen LogP contribution in [0.3, 0.4) is 0 Å². The number of aromatic hydroxyl groups is 1. The van der Waals surface area contributed by atoms with E-state index in [0.717, 1.165) is 11.6 Å². The molecule has 20 heavy (non-hydrogen) atoms. The summed E-state index contributed by atoms with van der Waals surface area (Å²) in [6, 6.07) is 4.79. The van der Waals surface area contributed by atoms with Crippen LogP contribution < -0.4 is 5.32 Å². The lowest BCUT2D eigenvalue weighted by molar-refractivity contribution is 0.467. The number of phenols is 1. The average molecular weight is 281 g/mol. The van der Waals surface area contributed by atoms with Crippen molar-refractivity contribution in [2.24, 2.45) is 0 Å². The molecule has 0 saturated heterocycles. The number of anilines is 1. The van der Waals surface area contributed by atoms with Gasteiger partial charge >= 0.3 is 0 Å². The van der Waals surface area contributed by atoms with E-state index >= 15 is 0 Å². The molecule has 2 aromatic carbocycles. The smallest absolute Gasteiger partial charge is 0.161 e. The molecule has 0 fully saturated rings. The lowest BCUT2D eigenvalue weighted by Crippen LogP contribution is -2.05. The molecule has 0 saturated carbocycles. The summed E-state index contributed by atoms with van der Waals surface area (Å²) in [6.45, 7) is 3.47. The summed E-state index contributed by atoms with van der Waals surface area (Å²) in [7, 11) is 0. The minimum atomic E-state index is -1.21. The first-order valence-electron chi connectivity index (χ1n) is 6.06. The van der Waals surface area contributed by atoms with Gasteiger partial charge in [0.25, 0.3) is 0 Å². The van der Waals surface area contributed by atoms with Crippen LogP contribution >= 0.6 is 0 Å². The molecule has 0 atom stereocenters. The van der Waals surface area contributed by atoms with Crippen LogP contribution in [0.2, 0.25) is 0 Å². The maximum atomic E-state index is 13.5. The molecule has 0 aliphatic rings. The van der Waals surface area contributed by atoms with Gasteiger partial charge in [-0.25, -0.2) is 13.2 Å². The summed E-state index contributed by atoms with van der Waals surface area (Å²) in [5, 5.41) is 12.7. The van der Waals surface area contributed by atoms with Gasteiger partial charge in [0.15, 0.2) is 11.6 Å². The van der Waals surface area contributed by atoms with Crippen molar-refractivity contribution in [1.29, 1.82) is 0 Å². The normalized spacial score (nSPS) is 10.7. The molecule has 0 bridgehead atoms. The molecule has 2 N–H and O–H groups in total. The molecule has 0 aliphatic heterocycles. The van der Waals surface area contributed by atoms with Gasteiger partial charge in [-0.15, -0.1) is 0 Å². The first-order chi connectivity index (χ1) is 9.40. The van der Waals surface area contributed by atoms with Crippen LogP contribution in [0.15, 0.2) is 24.3 Å². The third-order valence-corrected chi connectivity index (χ3v) is 3.19. The molecule has 0 aromatic heterocycles. The summed E-state index contributed by atoms with van der Waals surface area (Å²) in [5.74, 6) is -2.96. The summed E-state index contributed by atoms with van der Waals surface area (Å²) >= 11 is 0. The highest BCUT2D eigenvalue weighted by molar-refractivity contribution is 5.59. The van der Waals surface area contributed by atoms with Gasteiger partial charge in [0.05, 0.1) is 0 Å². The van der Waals surface area contributed by atoms with E-state index in [-0.39, 0.29) is 17.9 Å². The fourth-order valence-electron chi connectivity index (χ4n) is 1.92. The van der Waals surface area contributed by atoms with Gasteiger partial charge in [0.2, 0.25) is 0 Å². The van der Waals surface area contributed by atoms with Crippen molar-refractivity contribution < 1.29 is 18.3 Å².